The molecule has 6 nitrogen and oxygen atoms in total. The van der Waals surface area contributed by atoms with Gasteiger partial charge in [0.1, 0.15) is 11.5 Å². The molecule has 0 aliphatic carbocycles. The largest absolute Gasteiger partial charge is 0.494 e. The number of benzene rings is 1. The van der Waals surface area contributed by atoms with E-state index in [1.54, 1.807) is 0 Å². The molecule has 0 atom stereocenters. The number of para-hydroxylation sites is 1. The van der Waals surface area contributed by atoms with Gasteiger partial charge in [0.2, 0.25) is 5.91 Å². The third-order valence-electron chi connectivity index (χ3n) is 4.12. The lowest BCUT2D eigenvalue weighted by molar-refractivity contribution is -0.131. The Morgan fingerprint density at radius 2 is 1.96 bits per heavy atom. The fraction of sp³-hybridized carbons (Fsp3) is 0.444. The Morgan fingerprint density at radius 3 is 2.62 bits per heavy atom. The van der Waals surface area contributed by atoms with Crippen LogP contribution in [0, 0.1) is 6.92 Å². The van der Waals surface area contributed by atoms with Crippen LogP contribution in [0.5, 0.6) is 5.75 Å². The maximum atomic E-state index is 12.3. The van der Waals surface area contributed by atoms with Gasteiger partial charge in [-0.25, -0.2) is 0 Å². The molecule has 3 rings (SSSR count). The minimum atomic E-state index is 0.197. The van der Waals surface area contributed by atoms with Gasteiger partial charge in [-0.2, -0.15) is 0 Å². The minimum Gasteiger partial charge on any atom is -0.494 e. The summed E-state index contributed by atoms with van der Waals surface area (Å²) in [6, 6.07) is 11.6. The van der Waals surface area contributed by atoms with Crippen LogP contribution in [0.25, 0.3) is 0 Å². The highest BCUT2D eigenvalue weighted by atomic mass is 16.5. The maximum absolute atomic E-state index is 12.3. The third kappa shape index (κ3) is 4.28. The molecule has 1 saturated heterocycles. The molecule has 0 spiro atoms. The van der Waals surface area contributed by atoms with E-state index < -0.39 is 0 Å². The number of rotatable bonds is 6. The van der Waals surface area contributed by atoms with Gasteiger partial charge in [0.15, 0.2) is 5.82 Å². The lowest BCUT2D eigenvalue weighted by Crippen LogP contribution is -2.48. The molecule has 1 aromatic heterocycles. The van der Waals surface area contributed by atoms with E-state index in [1.165, 1.54) is 0 Å². The first-order valence-electron chi connectivity index (χ1n) is 8.36. The van der Waals surface area contributed by atoms with Gasteiger partial charge in [0.25, 0.3) is 0 Å². The van der Waals surface area contributed by atoms with Gasteiger partial charge in [0.05, 0.1) is 6.61 Å². The van der Waals surface area contributed by atoms with Gasteiger partial charge in [-0.05, 0) is 25.5 Å². The quantitative estimate of drug-likeness (QED) is 0.762. The molecule has 0 unspecified atom stereocenters. The van der Waals surface area contributed by atoms with Crippen LogP contribution in [0.4, 0.5) is 5.82 Å². The van der Waals surface area contributed by atoms with Crippen LogP contribution in [0.3, 0.4) is 0 Å². The molecule has 0 saturated carbocycles. The summed E-state index contributed by atoms with van der Waals surface area (Å²) < 4.78 is 10.7. The second-order valence-corrected chi connectivity index (χ2v) is 5.93. The Morgan fingerprint density at radius 1 is 1.21 bits per heavy atom. The highest BCUT2D eigenvalue weighted by Crippen LogP contribution is 2.16. The summed E-state index contributed by atoms with van der Waals surface area (Å²) >= 11 is 0. The number of carbonyl (C=O) groups is 1. The number of hydrogen-bond donors (Lipinski definition) is 0. The highest BCUT2D eigenvalue weighted by Gasteiger charge is 2.22. The summed E-state index contributed by atoms with van der Waals surface area (Å²) in [6.07, 6.45) is 1.26. The monoisotopic (exact) mass is 329 g/mol. The van der Waals surface area contributed by atoms with Gasteiger partial charge in [-0.3, -0.25) is 4.79 Å². The van der Waals surface area contributed by atoms with Crippen molar-refractivity contribution in [2.75, 3.05) is 37.7 Å². The average Bonchev–Trinajstić information content (AvgIpc) is 3.06. The van der Waals surface area contributed by atoms with E-state index in [9.17, 15) is 4.79 Å². The van der Waals surface area contributed by atoms with Crippen molar-refractivity contribution in [1.29, 1.82) is 0 Å². The molecule has 24 heavy (non-hydrogen) atoms. The predicted octanol–water partition coefficient (Wildman–Crippen LogP) is 2.49. The SMILES string of the molecule is Cc1cc(N2CCN(C(=O)CCCOc3ccccc3)CC2)no1. The van der Waals surface area contributed by atoms with E-state index in [0.29, 0.717) is 13.0 Å². The first-order chi connectivity index (χ1) is 11.7. The van der Waals surface area contributed by atoms with Crippen LogP contribution in [0.15, 0.2) is 40.9 Å². The molecule has 1 amide bonds. The molecular weight excluding hydrogens is 306 g/mol. The lowest BCUT2D eigenvalue weighted by Gasteiger charge is -2.34. The van der Waals surface area contributed by atoms with Crippen molar-refractivity contribution < 1.29 is 14.1 Å². The minimum absolute atomic E-state index is 0.197. The average molecular weight is 329 g/mol. The van der Waals surface area contributed by atoms with Crippen LogP contribution in [0.1, 0.15) is 18.6 Å². The van der Waals surface area contributed by atoms with Gasteiger partial charge < -0.3 is 19.1 Å². The molecule has 128 valence electrons. The summed E-state index contributed by atoms with van der Waals surface area (Å²) in [5.74, 6) is 2.71. The fourth-order valence-electron chi connectivity index (χ4n) is 2.78. The molecule has 2 aromatic rings. The predicted molar refractivity (Wildman–Crippen MR) is 91.2 cm³/mol. The summed E-state index contributed by atoms with van der Waals surface area (Å²) in [5.41, 5.74) is 0. The molecule has 1 fully saturated rings. The highest BCUT2D eigenvalue weighted by molar-refractivity contribution is 5.76. The number of ether oxygens (including phenoxy) is 1. The van der Waals surface area contributed by atoms with E-state index >= 15 is 0 Å². The van der Waals surface area contributed by atoms with Crippen LogP contribution >= 0.6 is 0 Å². The first kappa shape index (κ1) is 16.4. The van der Waals surface area contributed by atoms with Crippen molar-refractivity contribution in [2.45, 2.75) is 19.8 Å². The second kappa shape index (κ2) is 7.86. The Hall–Kier alpha value is -2.50. The molecule has 1 aliphatic heterocycles. The Kier molecular flexibility index (Phi) is 5.36. The zero-order chi connectivity index (χ0) is 16.8. The van der Waals surface area contributed by atoms with Crippen molar-refractivity contribution in [1.82, 2.24) is 10.1 Å². The summed E-state index contributed by atoms with van der Waals surface area (Å²) in [6.45, 7) is 5.48. The molecule has 6 heteroatoms. The number of aromatic nitrogens is 1. The fourth-order valence-corrected chi connectivity index (χ4v) is 2.78. The Labute approximate surface area is 142 Å². The number of hydrogen-bond acceptors (Lipinski definition) is 5. The zero-order valence-corrected chi connectivity index (χ0v) is 14.0. The topological polar surface area (TPSA) is 58.8 Å². The van der Waals surface area contributed by atoms with Gasteiger partial charge in [0, 0.05) is 38.7 Å². The number of nitrogens with zero attached hydrogens (tertiary/aromatic N) is 3. The van der Waals surface area contributed by atoms with Crippen molar-refractivity contribution in [3.63, 3.8) is 0 Å². The van der Waals surface area contributed by atoms with Crippen molar-refractivity contribution in [3.8, 4) is 5.75 Å². The third-order valence-corrected chi connectivity index (χ3v) is 4.12. The number of aryl methyl sites for hydroxylation is 1. The molecule has 0 bridgehead atoms. The first-order valence-corrected chi connectivity index (χ1v) is 8.36. The van der Waals surface area contributed by atoms with Crippen LogP contribution < -0.4 is 9.64 Å². The second-order valence-electron chi connectivity index (χ2n) is 5.93. The molecular formula is C18H23N3O3. The van der Waals surface area contributed by atoms with Crippen LogP contribution in [-0.4, -0.2) is 48.7 Å². The van der Waals surface area contributed by atoms with E-state index in [0.717, 1.165) is 49.9 Å². The summed E-state index contributed by atoms with van der Waals surface area (Å²) in [7, 11) is 0. The Bertz CT molecular complexity index is 649. The summed E-state index contributed by atoms with van der Waals surface area (Å²) in [5, 5.41) is 4.03. The van der Waals surface area contributed by atoms with Crippen molar-refractivity contribution in [3.05, 3.63) is 42.2 Å². The summed E-state index contributed by atoms with van der Waals surface area (Å²) in [4.78, 5) is 16.3. The van der Waals surface area contributed by atoms with Crippen molar-refractivity contribution >= 4 is 11.7 Å². The number of carbonyl (C=O) groups excluding carboxylic acids is 1. The molecule has 0 N–H and O–H groups in total. The van der Waals surface area contributed by atoms with E-state index in [2.05, 4.69) is 10.1 Å². The number of amides is 1. The van der Waals surface area contributed by atoms with E-state index in [-0.39, 0.29) is 5.91 Å². The normalized spacial score (nSPS) is 14.7. The van der Waals surface area contributed by atoms with Gasteiger partial charge in [-0.15, -0.1) is 0 Å². The number of piperazine rings is 1. The Balaban J connectivity index is 1.36. The molecule has 0 radical (unpaired) electrons. The van der Waals surface area contributed by atoms with Crippen molar-refractivity contribution in [2.24, 2.45) is 0 Å². The smallest absolute Gasteiger partial charge is 0.222 e. The van der Waals surface area contributed by atoms with E-state index in [1.807, 2.05) is 48.2 Å². The van der Waals surface area contributed by atoms with Gasteiger partial charge >= 0.3 is 0 Å². The molecule has 1 aliphatic rings. The molecule has 1 aromatic carbocycles. The van der Waals surface area contributed by atoms with Crippen LogP contribution in [-0.2, 0) is 4.79 Å². The zero-order valence-electron chi connectivity index (χ0n) is 14.0. The molecule has 2 heterocycles. The van der Waals surface area contributed by atoms with E-state index in [4.69, 9.17) is 9.26 Å². The maximum Gasteiger partial charge on any atom is 0.222 e. The lowest BCUT2D eigenvalue weighted by atomic mass is 10.2. The number of anilines is 1. The van der Waals surface area contributed by atoms with Crippen LogP contribution in [0.2, 0.25) is 0 Å². The standard InChI is InChI=1S/C18H23N3O3/c1-15-14-17(19-24-15)20-9-11-21(12-10-20)18(22)8-5-13-23-16-6-3-2-4-7-16/h2-4,6-7,14H,5,8-13H2,1H3. The van der Waals surface area contributed by atoms with Gasteiger partial charge in [-0.1, -0.05) is 23.4 Å².